The molecule has 0 aliphatic rings. The minimum absolute atomic E-state index is 0.0228. The Labute approximate surface area is 106 Å². The van der Waals surface area contributed by atoms with Crippen molar-refractivity contribution in [2.75, 3.05) is 0 Å². The number of hydrogen-bond acceptors (Lipinski definition) is 1. The smallest absolute Gasteiger partial charge is 0.194 e. The molecule has 0 fully saturated rings. The number of halogens is 4. The van der Waals surface area contributed by atoms with Gasteiger partial charge in [-0.15, -0.1) is 0 Å². The van der Waals surface area contributed by atoms with Gasteiger partial charge in [0.1, 0.15) is 5.82 Å². The zero-order chi connectivity index (χ0) is 14.2. The molecule has 0 saturated carbocycles. The Bertz CT molecular complexity index is 641. The van der Waals surface area contributed by atoms with Gasteiger partial charge < -0.3 is 0 Å². The first-order valence-corrected chi connectivity index (χ1v) is 5.35. The predicted octanol–water partition coefficient (Wildman–Crippen LogP) is 3.78. The van der Waals surface area contributed by atoms with Crippen molar-refractivity contribution in [2.45, 2.75) is 6.92 Å². The normalized spacial score (nSPS) is 10.6. The van der Waals surface area contributed by atoms with Gasteiger partial charge in [-0.25, -0.2) is 17.6 Å². The molecule has 0 amide bonds. The van der Waals surface area contributed by atoms with E-state index in [1.165, 1.54) is 6.07 Å². The molecule has 0 unspecified atom stereocenters. The van der Waals surface area contributed by atoms with Crippen molar-refractivity contribution in [1.82, 2.24) is 0 Å². The molecule has 5 heteroatoms. The summed E-state index contributed by atoms with van der Waals surface area (Å²) in [5, 5.41) is 0. The number of ketones is 1. The van der Waals surface area contributed by atoms with Gasteiger partial charge in [0.25, 0.3) is 0 Å². The van der Waals surface area contributed by atoms with Gasteiger partial charge in [-0.2, -0.15) is 0 Å². The fourth-order valence-corrected chi connectivity index (χ4v) is 1.68. The molecule has 0 saturated heterocycles. The van der Waals surface area contributed by atoms with Crippen LogP contribution in [0.4, 0.5) is 17.6 Å². The summed E-state index contributed by atoms with van der Waals surface area (Å²) in [5.74, 6) is -5.98. The SMILES string of the molecule is Cc1ccc(F)cc1C(=O)c1cc(F)c(F)c(F)c1. The van der Waals surface area contributed by atoms with E-state index in [9.17, 15) is 22.4 Å². The van der Waals surface area contributed by atoms with Gasteiger partial charge >= 0.3 is 0 Å². The lowest BCUT2D eigenvalue weighted by atomic mass is 9.99. The summed E-state index contributed by atoms with van der Waals surface area (Å²) in [4.78, 5) is 12.0. The van der Waals surface area contributed by atoms with E-state index < -0.39 is 29.1 Å². The van der Waals surface area contributed by atoms with Gasteiger partial charge in [0.2, 0.25) is 0 Å². The number of carbonyl (C=O) groups is 1. The molecule has 0 spiro atoms. The van der Waals surface area contributed by atoms with Crippen molar-refractivity contribution in [1.29, 1.82) is 0 Å². The van der Waals surface area contributed by atoms with E-state index >= 15 is 0 Å². The average Bonchev–Trinajstić information content (AvgIpc) is 2.37. The average molecular weight is 268 g/mol. The van der Waals surface area contributed by atoms with E-state index in [2.05, 4.69) is 0 Å². The van der Waals surface area contributed by atoms with Crippen LogP contribution in [0.3, 0.4) is 0 Å². The first-order chi connectivity index (χ1) is 8.90. The number of benzene rings is 2. The molecule has 1 nitrogen and oxygen atoms in total. The van der Waals surface area contributed by atoms with E-state index in [0.717, 1.165) is 12.1 Å². The van der Waals surface area contributed by atoms with Crippen LogP contribution in [-0.4, -0.2) is 5.78 Å². The van der Waals surface area contributed by atoms with E-state index in [1.807, 2.05) is 0 Å². The zero-order valence-electron chi connectivity index (χ0n) is 9.81. The highest BCUT2D eigenvalue weighted by Crippen LogP contribution is 2.19. The van der Waals surface area contributed by atoms with Crippen molar-refractivity contribution in [2.24, 2.45) is 0 Å². The highest BCUT2D eigenvalue weighted by molar-refractivity contribution is 6.09. The van der Waals surface area contributed by atoms with Gasteiger partial charge in [0, 0.05) is 11.1 Å². The lowest BCUT2D eigenvalue weighted by Crippen LogP contribution is -2.06. The molecule has 0 aliphatic carbocycles. The van der Waals surface area contributed by atoms with Crippen LogP contribution in [0.2, 0.25) is 0 Å². The van der Waals surface area contributed by atoms with Crippen molar-refractivity contribution >= 4 is 5.78 Å². The standard InChI is InChI=1S/C14H8F4O/c1-7-2-3-9(15)6-10(7)14(19)8-4-11(16)13(18)12(17)5-8/h2-6H,1H3. The van der Waals surface area contributed by atoms with Crippen molar-refractivity contribution in [3.05, 3.63) is 70.3 Å². The van der Waals surface area contributed by atoms with E-state index in [4.69, 9.17) is 0 Å². The highest BCUT2D eigenvalue weighted by Gasteiger charge is 2.18. The Balaban J connectivity index is 2.53. The Morgan fingerprint density at radius 1 is 0.947 bits per heavy atom. The molecule has 0 radical (unpaired) electrons. The summed E-state index contributed by atoms with van der Waals surface area (Å²) in [7, 11) is 0. The first-order valence-electron chi connectivity index (χ1n) is 5.35. The molecule has 0 bridgehead atoms. The van der Waals surface area contributed by atoms with Crippen molar-refractivity contribution in [3.8, 4) is 0 Å². The minimum atomic E-state index is -1.65. The van der Waals surface area contributed by atoms with Gasteiger partial charge in [-0.1, -0.05) is 6.07 Å². The molecule has 0 aliphatic heterocycles. The molecule has 0 atom stereocenters. The molecule has 98 valence electrons. The second-order valence-corrected chi connectivity index (χ2v) is 4.04. The zero-order valence-corrected chi connectivity index (χ0v) is 9.81. The molecule has 2 rings (SSSR count). The van der Waals surface area contributed by atoms with Gasteiger partial charge in [0.15, 0.2) is 23.2 Å². The van der Waals surface area contributed by atoms with Crippen LogP contribution in [0.1, 0.15) is 21.5 Å². The lowest BCUT2D eigenvalue weighted by Gasteiger charge is -2.06. The molecule has 19 heavy (non-hydrogen) atoms. The van der Waals surface area contributed by atoms with Crippen molar-refractivity contribution < 1.29 is 22.4 Å². The van der Waals surface area contributed by atoms with Gasteiger partial charge in [-0.3, -0.25) is 4.79 Å². The van der Waals surface area contributed by atoms with E-state index in [0.29, 0.717) is 17.7 Å². The maximum Gasteiger partial charge on any atom is 0.194 e. The first kappa shape index (κ1) is 13.3. The largest absolute Gasteiger partial charge is 0.289 e. The number of aryl methyl sites for hydroxylation is 1. The fraction of sp³-hybridized carbons (Fsp3) is 0.0714. The summed E-state index contributed by atoms with van der Waals surface area (Å²) in [6, 6.07) is 4.68. The molecule has 0 aromatic heterocycles. The van der Waals surface area contributed by atoms with Crippen LogP contribution >= 0.6 is 0 Å². The maximum atomic E-state index is 13.1. The molecule has 0 N–H and O–H groups in total. The Morgan fingerprint density at radius 3 is 2.11 bits per heavy atom. The third-order valence-electron chi connectivity index (χ3n) is 2.69. The number of rotatable bonds is 2. The molecule has 2 aromatic rings. The lowest BCUT2D eigenvalue weighted by molar-refractivity contribution is 0.103. The molecule has 2 aromatic carbocycles. The second-order valence-electron chi connectivity index (χ2n) is 4.04. The molecular formula is C14H8F4O. The fourth-order valence-electron chi connectivity index (χ4n) is 1.68. The third-order valence-corrected chi connectivity index (χ3v) is 2.69. The topological polar surface area (TPSA) is 17.1 Å². The predicted molar refractivity (Wildman–Crippen MR) is 60.9 cm³/mol. The van der Waals surface area contributed by atoms with Crippen LogP contribution in [0, 0.1) is 30.2 Å². The van der Waals surface area contributed by atoms with Crippen LogP contribution in [0.25, 0.3) is 0 Å². The second kappa shape index (κ2) is 4.84. The van der Waals surface area contributed by atoms with Crippen LogP contribution < -0.4 is 0 Å². The maximum absolute atomic E-state index is 13.1. The Hall–Kier alpha value is -2.17. The van der Waals surface area contributed by atoms with Crippen LogP contribution in [0.5, 0.6) is 0 Å². The number of hydrogen-bond donors (Lipinski definition) is 0. The summed E-state index contributed by atoms with van der Waals surface area (Å²) in [6.07, 6.45) is 0. The summed E-state index contributed by atoms with van der Waals surface area (Å²) in [6.45, 7) is 1.56. The summed E-state index contributed by atoms with van der Waals surface area (Å²) < 4.78 is 52.0. The Kier molecular flexibility index (Phi) is 3.38. The van der Waals surface area contributed by atoms with Gasteiger partial charge in [0.05, 0.1) is 0 Å². The summed E-state index contributed by atoms with van der Waals surface area (Å²) in [5.41, 5.74) is 0.0621. The monoisotopic (exact) mass is 268 g/mol. The number of carbonyl (C=O) groups excluding carboxylic acids is 1. The molecule has 0 heterocycles. The van der Waals surface area contributed by atoms with Crippen LogP contribution in [0.15, 0.2) is 30.3 Å². The third kappa shape index (κ3) is 2.50. The quantitative estimate of drug-likeness (QED) is 0.460. The van der Waals surface area contributed by atoms with E-state index in [-0.39, 0.29) is 11.1 Å². The van der Waals surface area contributed by atoms with Crippen molar-refractivity contribution in [3.63, 3.8) is 0 Å². The van der Waals surface area contributed by atoms with Crippen LogP contribution in [-0.2, 0) is 0 Å². The molecular weight excluding hydrogens is 260 g/mol. The summed E-state index contributed by atoms with van der Waals surface area (Å²) >= 11 is 0. The minimum Gasteiger partial charge on any atom is -0.289 e. The Morgan fingerprint density at radius 2 is 1.53 bits per heavy atom. The van der Waals surface area contributed by atoms with E-state index in [1.54, 1.807) is 6.92 Å². The van der Waals surface area contributed by atoms with Gasteiger partial charge in [-0.05, 0) is 36.8 Å². The highest BCUT2D eigenvalue weighted by atomic mass is 19.2.